The summed E-state index contributed by atoms with van der Waals surface area (Å²) < 4.78 is 130. The number of alkyl halides is 12. The molecule has 0 aliphatic rings. The van der Waals surface area contributed by atoms with Crippen molar-refractivity contribution in [1.82, 2.24) is 0 Å². The quantitative estimate of drug-likeness (QED) is 0.501. The predicted octanol–water partition coefficient (Wildman–Crippen LogP) is 4.29. The Hall–Kier alpha value is -0.480. The first-order chi connectivity index (χ1) is 7.00. The molecule has 0 nitrogen and oxygen atoms in total. The Bertz CT molecular complexity index is 266. The minimum Gasteiger partial charge on any atom is -0.193 e. The average molecular weight is 304 g/mol. The van der Waals surface area contributed by atoms with Gasteiger partial charge in [-0.25, -0.2) is 0 Å². The van der Waals surface area contributed by atoms with Gasteiger partial charge in [-0.2, -0.15) is 48.3 Å². The molecule has 17 heavy (non-hydrogen) atoms. The fourth-order valence-electron chi connectivity index (χ4n) is 0.712. The van der Waals surface area contributed by atoms with Crippen LogP contribution >= 0.6 is 11.6 Å². The smallest absolute Gasteiger partial charge is 0.193 e. The van der Waals surface area contributed by atoms with E-state index in [0.717, 1.165) is 0 Å². The second-order valence-electron chi connectivity index (χ2n) is 2.73. The minimum absolute atomic E-state index is 3.55. The van der Waals surface area contributed by atoms with Gasteiger partial charge in [-0.3, -0.25) is 0 Å². The van der Waals surface area contributed by atoms with Crippen LogP contribution in [0, 0.1) is 0 Å². The fourth-order valence-corrected chi connectivity index (χ4v) is 0.819. The summed E-state index contributed by atoms with van der Waals surface area (Å²) in [5.74, 6) is -7.22. The van der Waals surface area contributed by atoms with Gasteiger partial charge in [0.25, 0.3) is 0 Å². The zero-order valence-electron chi connectivity index (χ0n) is 7.04. The molecule has 12 heteroatoms. The van der Waals surface area contributed by atoms with Crippen molar-refractivity contribution in [2.75, 3.05) is 0 Å². The lowest BCUT2D eigenvalue weighted by Crippen LogP contribution is -2.68. The Morgan fingerprint density at radius 3 is 0.765 bits per heavy atom. The van der Waals surface area contributed by atoms with E-state index in [1.165, 1.54) is 0 Å². The van der Waals surface area contributed by atoms with Gasteiger partial charge in [0.1, 0.15) is 0 Å². The third-order valence-corrected chi connectivity index (χ3v) is 2.24. The Morgan fingerprint density at radius 2 is 0.706 bits per heavy atom. The van der Waals surface area contributed by atoms with E-state index in [1.54, 1.807) is 0 Å². The van der Waals surface area contributed by atoms with Crippen molar-refractivity contribution < 1.29 is 48.3 Å². The summed E-state index contributed by atoms with van der Waals surface area (Å²) in [4.78, 5) is -6.73. The second kappa shape index (κ2) is 3.75. The van der Waals surface area contributed by atoms with Gasteiger partial charge in [0.05, 0.1) is 0 Å². The van der Waals surface area contributed by atoms with Crippen LogP contribution in [0.4, 0.5) is 48.3 Å². The summed E-state index contributed by atoms with van der Waals surface area (Å²) in [6.45, 7) is 0. The molecule has 0 radical (unpaired) electrons. The highest BCUT2D eigenvalue weighted by molar-refractivity contribution is 6.26. The molecule has 0 N–H and O–H groups in total. The van der Waals surface area contributed by atoms with Crippen LogP contribution in [-0.4, -0.2) is 29.3 Å². The highest BCUT2D eigenvalue weighted by Gasteiger charge is 2.88. The van der Waals surface area contributed by atoms with Gasteiger partial charge in [0, 0.05) is 0 Å². The second-order valence-corrected chi connectivity index (χ2v) is 3.29. The van der Waals surface area contributed by atoms with Crippen LogP contribution in [-0.2, 0) is 0 Å². The molecule has 0 saturated carbocycles. The monoisotopic (exact) mass is 304 g/mol. The van der Waals surface area contributed by atoms with Crippen LogP contribution in [0.2, 0.25) is 0 Å². The number of hydrogen-bond donors (Lipinski definition) is 0. The molecule has 0 spiro atoms. The standard InChI is InChI=1S/C5ClF11/c6-1(3(9,10)11,4(12,13)14)2(7,8)5(15,16)17. The van der Waals surface area contributed by atoms with Gasteiger partial charge in [-0.05, 0) is 0 Å². The summed E-state index contributed by atoms with van der Waals surface area (Å²) >= 11 is 3.55. The Kier molecular flexibility index (Phi) is 3.65. The lowest BCUT2D eigenvalue weighted by atomic mass is 9.98. The maximum Gasteiger partial charge on any atom is 0.455 e. The van der Waals surface area contributed by atoms with E-state index in [4.69, 9.17) is 0 Å². The van der Waals surface area contributed by atoms with Gasteiger partial charge in [0.15, 0.2) is 0 Å². The van der Waals surface area contributed by atoms with E-state index >= 15 is 0 Å². The Balaban J connectivity index is 6.04. The molecule has 0 amide bonds. The van der Waals surface area contributed by atoms with Crippen LogP contribution < -0.4 is 0 Å². The summed E-state index contributed by atoms with van der Waals surface area (Å²) in [6.07, 6.45) is -21.2. The van der Waals surface area contributed by atoms with E-state index < -0.39 is 29.3 Å². The molecule has 0 fully saturated rings. The third-order valence-electron chi connectivity index (χ3n) is 1.57. The van der Waals surface area contributed by atoms with Crippen molar-refractivity contribution in [2.24, 2.45) is 0 Å². The summed E-state index contributed by atoms with van der Waals surface area (Å²) in [7, 11) is 0. The molecule has 0 bridgehead atoms. The SMILES string of the molecule is FC(F)(F)C(F)(F)C(Cl)(C(F)(F)F)C(F)(F)F. The van der Waals surface area contributed by atoms with Gasteiger partial charge in [-0.15, -0.1) is 0 Å². The first-order valence-electron chi connectivity index (χ1n) is 3.27. The molecule has 0 aliphatic carbocycles. The van der Waals surface area contributed by atoms with Gasteiger partial charge >= 0.3 is 29.3 Å². The van der Waals surface area contributed by atoms with Crippen LogP contribution in [0.5, 0.6) is 0 Å². The number of rotatable bonds is 1. The number of halogens is 12. The van der Waals surface area contributed by atoms with E-state index in [9.17, 15) is 48.3 Å². The van der Waals surface area contributed by atoms with Crippen molar-refractivity contribution >= 4 is 11.6 Å². The van der Waals surface area contributed by atoms with Crippen LogP contribution in [0.15, 0.2) is 0 Å². The summed E-state index contributed by atoms with van der Waals surface area (Å²) in [5.41, 5.74) is 0. The van der Waals surface area contributed by atoms with Gasteiger partial charge in [0.2, 0.25) is 0 Å². The molecule has 0 rings (SSSR count). The van der Waals surface area contributed by atoms with Gasteiger partial charge < -0.3 is 0 Å². The minimum atomic E-state index is -7.22. The summed E-state index contributed by atoms with van der Waals surface area (Å²) in [5, 5.41) is 0. The summed E-state index contributed by atoms with van der Waals surface area (Å²) in [6, 6.07) is 0. The zero-order chi connectivity index (χ0) is 14.5. The van der Waals surface area contributed by atoms with Crippen LogP contribution in [0.1, 0.15) is 0 Å². The number of hydrogen-bond acceptors (Lipinski definition) is 0. The molecular formula is C5ClF11. The zero-order valence-corrected chi connectivity index (χ0v) is 7.79. The first kappa shape index (κ1) is 16.5. The molecule has 0 aromatic rings. The average Bonchev–Trinajstić information content (AvgIpc) is 1.95. The molecule has 0 unspecified atom stereocenters. The van der Waals surface area contributed by atoms with Crippen LogP contribution in [0.3, 0.4) is 0 Å². The van der Waals surface area contributed by atoms with Crippen molar-refractivity contribution in [3.05, 3.63) is 0 Å². The molecule has 0 aliphatic heterocycles. The fraction of sp³-hybridized carbons (Fsp3) is 1.00. The molecule has 0 atom stereocenters. The van der Waals surface area contributed by atoms with E-state index in [0.29, 0.717) is 0 Å². The Morgan fingerprint density at radius 1 is 0.471 bits per heavy atom. The molecule has 0 heterocycles. The predicted molar refractivity (Wildman–Crippen MR) is 31.7 cm³/mol. The highest BCUT2D eigenvalue weighted by Crippen LogP contribution is 2.60. The molecule has 0 saturated heterocycles. The maximum atomic E-state index is 12.3. The first-order valence-corrected chi connectivity index (χ1v) is 3.65. The normalized spacial score (nSPS) is 16.2. The molecule has 104 valence electrons. The largest absolute Gasteiger partial charge is 0.455 e. The van der Waals surface area contributed by atoms with E-state index in [2.05, 4.69) is 11.6 Å². The third kappa shape index (κ3) is 2.25. The molecule has 0 aromatic carbocycles. The lowest BCUT2D eigenvalue weighted by Gasteiger charge is -2.38. The van der Waals surface area contributed by atoms with Gasteiger partial charge in [-0.1, -0.05) is 11.6 Å². The van der Waals surface area contributed by atoms with Crippen molar-refractivity contribution in [2.45, 2.75) is 29.3 Å². The van der Waals surface area contributed by atoms with Crippen molar-refractivity contribution in [3.63, 3.8) is 0 Å². The highest BCUT2D eigenvalue weighted by atomic mass is 35.5. The lowest BCUT2D eigenvalue weighted by molar-refractivity contribution is -0.383. The molecular weight excluding hydrogens is 304 g/mol. The van der Waals surface area contributed by atoms with Crippen molar-refractivity contribution in [3.8, 4) is 0 Å². The van der Waals surface area contributed by atoms with Crippen LogP contribution in [0.25, 0.3) is 0 Å². The van der Waals surface area contributed by atoms with E-state index in [-0.39, 0.29) is 0 Å². The maximum absolute atomic E-state index is 12.3. The van der Waals surface area contributed by atoms with Crippen molar-refractivity contribution in [1.29, 1.82) is 0 Å². The topological polar surface area (TPSA) is 0 Å². The Labute approximate surface area is 90.3 Å². The molecule has 0 aromatic heterocycles. The van der Waals surface area contributed by atoms with E-state index in [1.807, 2.05) is 0 Å².